The van der Waals surface area contributed by atoms with Gasteiger partial charge in [0.15, 0.2) is 0 Å². The number of carbonyl (C=O) groups is 2. The molecular weight excluding hydrogens is 247 g/mol. The number of ether oxygens (including phenoxy) is 1. The van der Waals surface area contributed by atoms with Crippen LogP contribution in [0, 0.1) is 11.7 Å². The van der Waals surface area contributed by atoms with Crippen molar-refractivity contribution >= 4 is 12.3 Å². The van der Waals surface area contributed by atoms with E-state index < -0.39 is 5.97 Å². The maximum Gasteiger partial charge on any atom is 0.308 e. The molecule has 0 atom stereocenters. The maximum atomic E-state index is 14.0. The van der Waals surface area contributed by atoms with Gasteiger partial charge >= 0.3 is 5.97 Å². The van der Waals surface area contributed by atoms with Crippen LogP contribution in [0.3, 0.4) is 0 Å². The molecule has 1 aromatic rings. The first-order valence-electron chi connectivity index (χ1n) is 6.53. The number of benzene rings is 1. The molecule has 0 aromatic heterocycles. The summed E-state index contributed by atoms with van der Waals surface area (Å²) in [6, 6.07) is 4.55. The summed E-state index contributed by atoms with van der Waals surface area (Å²) < 4.78 is 18.8. The van der Waals surface area contributed by atoms with Crippen LogP contribution >= 0.6 is 0 Å². The minimum atomic E-state index is -0.460. The van der Waals surface area contributed by atoms with Crippen molar-refractivity contribution in [2.75, 3.05) is 0 Å². The van der Waals surface area contributed by atoms with Crippen LogP contribution in [0.5, 0.6) is 5.75 Å². The summed E-state index contributed by atoms with van der Waals surface area (Å²) in [5.41, 5.74) is 0.653. The predicted molar refractivity (Wildman–Crippen MR) is 68.5 cm³/mol. The van der Waals surface area contributed by atoms with Crippen molar-refractivity contribution in [3.63, 3.8) is 0 Å². The monoisotopic (exact) mass is 264 g/mol. The number of esters is 1. The first kappa shape index (κ1) is 13.7. The fourth-order valence-electron chi connectivity index (χ4n) is 2.63. The van der Waals surface area contributed by atoms with E-state index in [2.05, 4.69) is 0 Å². The molecule has 4 heteroatoms. The lowest BCUT2D eigenvalue weighted by molar-refractivity contribution is -0.131. The maximum absolute atomic E-state index is 14.0. The number of halogens is 1. The van der Waals surface area contributed by atoms with Gasteiger partial charge in [0.2, 0.25) is 0 Å². The molecule has 1 saturated carbocycles. The Morgan fingerprint density at radius 1 is 1.32 bits per heavy atom. The van der Waals surface area contributed by atoms with E-state index in [9.17, 15) is 14.0 Å². The smallest absolute Gasteiger partial charge is 0.308 e. The second-order valence-corrected chi connectivity index (χ2v) is 5.02. The molecular formula is C15H17FO3. The molecule has 1 aromatic carbocycles. The van der Waals surface area contributed by atoms with Crippen molar-refractivity contribution in [2.45, 2.75) is 38.5 Å². The second-order valence-electron chi connectivity index (χ2n) is 5.02. The molecule has 0 bridgehead atoms. The highest BCUT2D eigenvalue weighted by molar-refractivity contribution is 5.69. The largest absolute Gasteiger partial charge is 0.427 e. The molecule has 19 heavy (non-hydrogen) atoms. The van der Waals surface area contributed by atoms with Gasteiger partial charge in [0.1, 0.15) is 17.9 Å². The number of aldehydes is 1. The zero-order valence-corrected chi connectivity index (χ0v) is 10.9. The SMILES string of the molecule is CC(=O)Oc1ccc(C2CCC(C=O)CC2)c(F)c1. The summed E-state index contributed by atoms with van der Waals surface area (Å²) in [6.07, 6.45) is 4.29. The van der Waals surface area contributed by atoms with Crippen LogP contribution in [0.25, 0.3) is 0 Å². The van der Waals surface area contributed by atoms with Crippen molar-refractivity contribution < 1.29 is 18.7 Å². The molecule has 0 spiro atoms. The Hall–Kier alpha value is -1.71. The summed E-state index contributed by atoms with van der Waals surface area (Å²) in [6.45, 7) is 1.28. The lowest BCUT2D eigenvalue weighted by Crippen LogP contribution is -2.15. The minimum Gasteiger partial charge on any atom is -0.427 e. The van der Waals surface area contributed by atoms with Gasteiger partial charge in [-0.3, -0.25) is 4.79 Å². The average molecular weight is 264 g/mol. The Kier molecular flexibility index (Phi) is 4.30. The first-order valence-corrected chi connectivity index (χ1v) is 6.53. The molecule has 1 aliphatic rings. The van der Waals surface area contributed by atoms with E-state index in [-0.39, 0.29) is 23.4 Å². The fourth-order valence-corrected chi connectivity index (χ4v) is 2.63. The highest BCUT2D eigenvalue weighted by Crippen LogP contribution is 2.36. The molecule has 0 amide bonds. The molecule has 0 N–H and O–H groups in total. The summed E-state index contributed by atoms with van der Waals surface area (Å²) >= 11 is 0. The highest BCUT2D eigenvalue weighted by Gasteiger charge is 2.24. The number of hydrogen-bond acceptors (Lipinski definition) is 3. The normalized spacial score (nSPS) is 22.8. The van der Waals surface area contributed by atoms with Crippen molar-refractivity contribution in [2.24, 2.45) is 5.92 Å². The minimum absolute atomic E-state index is 0.125. The summed E-state index contributed by atoms with van der Waals surface area (Å²) in [5.74, 6) is -0.288. The molecule has 0 radical (unpaired) electrons. The fraction of sp³-hybridized carbons (Fsp3) is 0.467. The zero-order chi connectivity index (χ0) is 13.8. The van der Waals surface area contributed by atoms with E-state index in [1.165, 1.54) is 13.0 Å². The predicted octanol–water partition coefficient (Wildman–Crippen LogP) is 3.22. The van der Waals surface area contributed by atoms with Gasteiger partial charge in [-0.25, -0.2) is 4.39 Å². The van der Waals surface area contributed by atoms with Gasteiger partial charge in [-0.2, -0.15) is 0 Å². The van der Waals surface area contributed by atoms with Crippen LogP contribution in [0.2, 0.25) is 0 Å². The number of hydrogen-bond donors (Lipinski definition) is 0. The second kappa shape index (κ2) is 5.95. The van der Waals surface area contributed by atoms with E-state index in [0.29, 0.717) is 5.56 Å². The van der Waals surface area contributed by atoms with Crippen LogP contribution in [-0.4, -0.2) is 12.3 Å². The van der Waals surface area contributed by atoms with E-state index in [0.717, 1.165) is 32.0 Å². The standard InChI is InChI=1S/C15H17FO3/c1-10(18)19-13-6-7-14(15(16)8-13)12-4-2-11(9-17)3-5-12/h6-9,11-12H,2-5H2,1H3. The van der Waals surface area contributed by atoms with Gasteiger partial charge in [0.05, 0.1) is 0 Å². The summed E-state index contributed by atoms with van der Waals surface area (Å²) in [4.78, 5) is 21.5. The van der Waals surface area contributed by atoms with E-state index >= 15 is 0 Å². The van der Waals surface area contributed by atoms with Crippen LogP contribution in [0.1, 0.15) is 44.1 Å². The van der Waals surface area contributed by atoms with E-state index in [4.69, 9.17) is 4.74 Å². The Balaban J connectivity index is 2.09. The molecule has 1 fully saturated rings. The van der Waals surface area contributed by atoms with Crippen molar-refractivity contribution in [3.8, 4) is 5.75 Å². The third-order valence-corrected chi connectivity index (χ3v) is 3.64. The average Bonchev–Trinajstić information content (AvgIpc) is 2.38. The van der Waals surface area contributed by atoms with Crippen LogP contribution in [-0.2, 0) is 9.59 Å². The van der Waals surface area contributed by atoms with E-state index in [1.54, 1.807) is 12.1 Å². The highest BCUT2D eigenvalue weighted by atomic mass is 19.1. The zero-order valence-electron chi connectivity index (χ0n) is 10.9. The third-order valence-electron chi connectivity index (χ3n) is 3.64. The molecule has 0 heterocycles. The van der Waals surface area contributed by atoms with Gasteiger partial charge in [-0.1, -0.05) is 6.07 Å². The van der Waals surface area contributed by atoms with Gasteiger partial charge in [0, 0.05) is 18.9 Å². The van der Waals surface area contributed by atoms with Crippen LogP contribution < -0.4 is 4.74 Å². The van der Waals surface area contributed by atoms with Crippen molar-refractivity contribution in [1.82, 2.24) is 0 Å². The van der Waals surface area contributed by atoms with Crippen LogP contribution in [0.15, 0.2) is 18.2 Å². The number of rotatable bonds is 3. The molecule has 0 saturated heterocycles. The number of carbonyl (C=O) groups excluding carboxylic acids is 2. The summed E-state index contributed by atoms with van der Waals surface area (Å²) in [7, 11) is 0. The Labute approximate surface area is 111 Å². The third kappa shape index (κ3) is 3.40. The molecule has 102 valence electrons. The molecule has 0 aliphatic heterocycles. The lowest BCUT2D eigenvalue weighted by atomic mass is 9.79. The Morgan fingerprint density at radius 2 is 2.00 bits per heavy atom. The van der Waals surface area contributed by atoms with E-state index in [1.807, 2.05) is 0 Å². The van der Waals surface area contributed by atoms with Gasteiger partial charge in [0.25, 0.3) is 0 Å². The van der Waals surface area contributed by atoms with Crippen molar-refractivity contribution in [3.05, 3.63) is 29.6 Å². The molecule has 0 unspecified atom stereocenters. The van der Waals surface area contributed by atoms with Crippen molar-refractivity contribution in [1.29, 1.82) is 0 Å². The Bertz CT molecular complexity index is 476. The topological polar surface area (TPSA) is 43.4 Å². The van der Waals surface area contributed by atoms with Gasteiger partial charge in [-0.05, 0) is 43.2 Å². The molecule has 2 rings (SSSR count). The van der Waals surface area contributed by atoms with Gasteiger partial charge in [-0.15, -0.1) is 0 Å². The quantitative estimate of drug-likeness (QED) is 0.478. The molecule has 1 aliphatic carbocycles. The Morgan fingerprint density at radius 3 is 2.53 bits per heavy atom. The molecule has 3 nitrogen and oxygen atoms in total. The summed E-state index contributed by atoms with van der Waals surface area (Å²) in [5, 5.41) is 0. The van der Waals surface area contributed by atoms with Crippen LogP contribution in [0.4, 0.5) is 4.39 Å². The van der Waals surface area contributed by atoms with Gasteiger partial charge < -0.3 is 9.53 Å². The lowest BCUT2D eigenvalue weighted by Gasteiger charge is -2.26. The first-order chi connectivity index (χ1) is 9.10.